The van der Waals surface area contributed by atoms with Crippen molar-refractivity contribution in [3.63, 3.8) is 0 Å². The van der Waals surface area contributed by atoms with E-state index in [1.165, 1.54) is 57.8 Å². The average Bonchev–Trinajstić information content (AvgIpc) is 2.98. The third-order valence-electron chi connectivity index (χ3n) is 8.39. The molecule has 0 aromatic heterocycles. The maximum atomic E-state index is 12.4. The minimum absolute atomic E-state index is 0.0989. The Balaban J connectivity index is 4.23. The van der Waals surface area contributed by atoms with Crippen LogP contribution >= 0.6 is 0 Å². The first-order valence-electron chi connectivity index (χ1n) is 17.6. The van der Waals surface area contributed by atoms with E-state index in [4.69, 9.17) is 5.11 Å². The first-order chi connectivity index (χ1) is 20.9. The van der Waals surface area contributed by atoms with E-state index in [0.717, 1.165) is 70.6 Å². The molecule has 2 atom stereocenters. The molecule has 0 heterocycles. The van der Waals surface area contributed by atoms with Crippen molar-refractivity contribution in [1.29, 1.82) is 0 Å². The van der Waals surface area contributed by atoms with Crippen LogP contribution in [-0.4, -0.2) is 45.1 Å². The van der Waals surface area contributed by atoms with Crippen molar-refractivity contribution < 1.29 is 30.0 Å². The van der Waals surface area contributed by atoms with Gasteiger partial charge in [-0.25, -0.2) is 0 Å². The van der Waals surface area contributed by atoms with Crippen LogP contribution in [0.2, 0.25) is 0 Å². The van der Waals surface area contributed by atoms with Crippen LogP contribution < -0.4 is 0 Å². The lowest BCUT2D eigenvalue weighted by Gasteiger charge is -2.31. The van der Waals surface area contributed by atoms with Gasteiger partial charge in [0, 0.05) is 6.42 Å². The number of carboxylic acids is 2. The number of aliphatic carboxylic acids is 2. The van der Waals surface area contributed by atoms with Crippen LogP contribution in [0.4, 0.5) is 0 Å². The zero-order chi connectivity index (χ0) is 31.9. The van der Waals surface area contributed by atoms with Crippen molar-refractivity contribution >= 4 is 11.9 Å². The Morgan fingerprint density at radius 2 is 1.07 bits per heavy atom. The van der Waals surface area contributed by atoms with E-state index >= 15 is 0 Å². The van der Waals surface area contributed by atoms with Gasteiger partial charge in [-0.2, -0.15) is 0 Å². The number of aliphatic hydroxyl groups is 2. The lowest BCUT2D eigenvalue weighted by molar-refractivity contribution is -0.152. The minimum Gasteiger partial charge on any atom is -0.481 e. The summed E-state index contributed by atoms with van der Waals surface area (Å²) < 4.78 is 0. The summed E-state index contributed by atoms with van der Waals surface area (Å²) in [7, 11) is 0. The molecule has 0 aliphatic heterocycles. The van der Waals surface area contributed by atoms with Gasteiger partial charge < -0.3 is 20.4 Å². The SMILES string of the molecule is CCCCCCCCCCCCCCC(CC/C=C\C/C=C\C/C=C\CCCCCCCC(=O)O)(CC(O)CO)C(=O)O. The Kier molecular flexibility index (Phi) is 28.8. The number of aliphatic hydroxyl groups excluding tert-OH is 2. The summed E-state index contributed by atoms with van der Waals surface area (Å²) in [5.74, 6) is -1.57. The highest BCUT2D eigenvalue weighted by Crippen LogP contribution is 2.36. The monoisotopic (exact) mass is 606 g/mol. The quantitative estimate of drug-likeness (QED) is 0.0447. The minimum atomic E-state index is -1.00. The molecule has 0 bridgehead atoms. The number of hydrogen-bond acceptors (Lipinski definition) is 4. The zero-order valence-electron chi connectivity index (χ0n) is 27.5. The Labute approximate surface area is 263 Å². The highest BCUT2D eigenvalue weighted by atomic mass is 16.4. The van der Waals surface area contributed by atoms with Crippen LogP contribution in [0.15, 0.2) is 36.5 Å². The molecule has 0 aliphatic carbocycles. The summed E-state index contributed by atoms with van der Waals surface area (Å²) in [4.78, 5) is 22.9. The van der Waals surface area contributed by atoms with E-state index in [2.05, 4.69) is 37.3 Å². The van der Waals surface area contributed by atoms with Crippen molar-refractivity contribution in [3.05, 3.63) is 36.5 Å². The Bertz CT molecular complexity index is 743. The van der Waals surface area contributed by atoms with Crippen LogP contribution in [0.3, 0.4) is 0 Å². The molecule has 43 heavy (non-hydrogen) atoms. The lowest BCUT2D eigenvalue weighted by atomic mass is 9.74. The van der Waals surface area contributed by atoms with E-state index in [0.29, 0.717) is 19.3 Å². The molecule has 0 amide bonds. The van der Waals surface area contributed by atoms with E-state index in [1.807, 2.05) is 6.08 Å². The normalized spacial score (nSPS) is 14.2. The molecule has 0 spiro atoms. The Morgan fingerprint density at radius 1 is 0.605 bits per heavy atom. The molecule has 0 rings (SSSR count). The van der Waals surface area contributed by atoms with Crippen molar-refractivity contribution in [2.24, 2.45) is 5.41 Å². The smallest absolute Gasteiger partial charge is 0.309 e. The van der Waals surface area contributed by atoms with E-state index < -0.39 is 30.1 Å². The van der Waals surface area contributed by atoms with Crippen LogP contribution in [0.5, 0.6) is 0 Å². The summed E-state index contributed by atoms with van der Waals surface area (Å²) in [6, 6.07) is 0. The first-order valence-corrected chi connectivity index (χ1v) is 17.6. The summed E-state index contributed by atoms with van der Waals surface area (Å²) >= 11 is 0. The number of carbonyl (C=O) groups is 2. The average molecular weight is 607 g/mol. The number of allylic oxidation sites excluding steroid dienone is 6. The molecule has 0 saturated carbocycles. The molecule has 0 aliphatic rings. The number of carboxylic acid groups (broad SMARTS) is 2. The second-order valence-corrected chi connectivity index (χ2v) is 12.4. The van der Waals surface area contributed by atoms with Gasteiger partial charge in [0.15, 0.2) is 0 Å². The fraction of sp³-hybridized carbons (Fsp3) is 0.784. The van der Waals surface area contributed by atoms with E-state index in [9.17, 15) is 24.9 Å². The molecular formula is C37H66O6. The van der Waals surface area contributed by atoms with Gasteiger partial charge >= 0.3 is 11.9 Å². The number of hydrogen-bond donors (Lipinski definition) is 4. The highest BCUT2D eigenvalue weighted by molar-refractivity contribution is 5.74. The molecule has 0 radical (unpaired) electrons. The summed E-state index contributed by atoms with van der Waals surface area (Å²) in [6.07, 6.45) is 36.5. The number of unbranched alkanes of at least 4 members (excludes halogenated alkanes) is 16. The third kappa shape index (κ3) is 26.2. The molecule has 0 saturated heterocycles. The molecule has 0 fully saturated rings. The Hall–Kier alpha value is -1.92. The summed E-state index contributed by atoms with van der Waals surface area (Å²) in [6.45, 7) is 1.84. The molecule has 2 unspecified atom stereocenters. The van der Waals surface area contributed by atoms with Crippen molar-refractivity contribution in [3.8, 4) is 0 Å². The van der Waals surface area contributed by atoms with Gasteiger partial charge in [0.2, 0.25) is 0 Å². The van der Waals surface area contributed by atoms with Gasteiger partial charge in [-0.15, -0.1) is 0 Å². The maximum absolute atomic E-state index is 12.4. The molecule has 4 N–H and O–H groups in total. The fourth-order valence-corrected chi connectivity index (χ4v) is 5.66. The summed E-state index contributed by atoms with van der Waals surface area (Å²) in [5, 5.41) is 38.3. The second-order valence-electron chi connectivity index (χ2n) is 12.4. The topological polar surface area (TPSA) is 115 Å². The lowest BCUT2D eigenvalue weighted by Crippen LogP contribution is -2.36. The molecule has 0 aromatic carbocycles. The fourth-order valence-electron chi connectivity index (χ4n) is 5.66. The molecule has 0 aromatic rings. The third-order valence-corrected chi connectivity index (χ3v) is 8.39. The van der Waals surface area contributed by atoms with E-state index in [1.54, 1.807) is 0 Å². The predicted octanol–water partition coefficient (Wildman–Crippen LogP) is 9.94. The maximum Gasteiger partial charge on any atom is 0.309 e. The largest absolute Gasteiger partial charge is 0.481 e. The van der Waals surface area contributed by atoms with Crippen molar-refractivity contribution in [1.82, 2.24) is 0 Å². The standard InChI is InChI=1S/C37H66O6/c1-2-3-4-5-6-7-8-15-18-21-24-27-30-37(36(42)43,32-34(39)33-38)31-28-25-22-19-16-13-11-9-10-12-14-17-20-23-26-29-35(40)41/h9-10,13,16,22,25,34,38-39H,2-8,11-12,14-15,17-21,23-24,26-33H2,1H3,(H,40,41)(H,42,43)/b10-9-,16-13-,25-22-. The molecule has 250 valence electrons. The van der Waals surface area contributed by atoms with Gasteiger partial charge in [-0.3, -0.25) is 9.59 Å². The molecular weight excluding hydrogens is 540 g/mol. The van der Waals surface area contributed by atoms with Crippen LogP contribution in [-0.2, 0) is 9.59 Å². The Morgan fingerprint density at radius 3 is 1.58 bits per heavy atom. The van der Waals surface area contributed by atoms with Gasteiger partial charge in [0.05, 0.1) is 18.1 Å². The second kappa shape index (κ2) is 30.1. The zero-order valence-corrected chi connectivity index (χ0v) is 27.5. The number of rotatable bonds is 32. The van der Waals surface area contributed by atoms with Gasteiger partial charge in [-0.05, 0) is 57.8 Å². The van der Waals surface area contributed by atoms with Gasteiger partial charge in [-0.1, -0.05) is 140 Å². The summed E-state index contributed by atoms with van der Waals surface area (Å²) in [5.41, 5.74) is -0.996. The van der Waals surface area contributed by atoms with Crippen molar-refractivity contribution in [2.45, 2.75) is 174 Å². The molecule has 6 heteroatoms. The van der Waals surface area contributed by atoms with E-state index in [-0.39, 0.29) is 12.8 Å². The van der Waals surface area contributed by atoms with Crippen LogP contribution in [0, 0.1) is 5.41 Å². The van der Waals surface area contributed by atoms with Crippen molar-refractivity contribution in [2.75, 3.05) is 6.61 Å². The predicted molar refractivity (Wildman–Crippen MR) is 179 cm³/mol. The first kappa shape index (κ1) is 41.1. The van der Waals surface area contributed by atoms with Crippen LogP contribution in [0.1, 0.15) is 167 Å². The molecule has 6 nitrogen and oxygen atoms in total. The van der Waals surface area contributed by atoms with Gasteiger partial charge in [0.25, 0.3) is 0 Å². The van der Waals surface area contributed by atoms with Gasteiger partial charge in [0.1, 0.15) is 0 Å². The van der Waals surface area contributed by atoms with Crippen LogP contribution in [0.25, 0.3) is 0 Å². The highest BCUT2D eigenvalue weighted by Gasteiger charge is 2.38.